The van der Waals surface area contributed by atoms with Crippen LogP contribution in [0.3, 0.4) is 0 Å². The van der Waals surface area contributed by atoms with Crippen molar-refractivity contribution in [3.05, 3.63) is 137 Å². The molecule has 0 unspecified atom stereocenters. The number of nitrogens with one attached hydrogen (secondary N) is 3. The lowest BCUT2D eigenvalue weighted by Gasteiger charge is -2.24. The second kappa shape index (κ2) is 27.6. The Bertz CT molecular complexity index is 3200. The van der Waals surface area contributed by atoms with Gasteiger partial charge in [-0.2, -0.15) is 10.2 Å². The van der Waals surface area contributed by atoms with Gasteiger partial charge in [-0.05, 0) is 128 Å². The van der Waals surface area contributed by atoms with E-state index in [9.17, 15) is 14.4 Å². The first-order valence-electron chi connectivity index (χ1n) is 25.6. The van der Waals surface area contributed by atoms with E-state index in [0.29, 0.717) is 95.2 Å². The number of anilines is 2. The maximum Gasteiger partial charge on any atom is 0.410 e. The van der Waals surface area contributed by atoms with Crippen LogP contribution in [0.5, 0.6) is 28.7 Å². The Morgan fingerprint density at radius 3 is 1.82 bits per heavy atom. The second-order valence-corrected chi connectivity index (χ2v) is 21.1. The number of hydrogen-bond donors (Lipinski definition) is 4. The number of carboxylic acid groups (broad SMARTS) is 1. The van der Waals surface area contributed by atoms with Gasteiger partial charge in [-0.3, -0.25) is 9.89 Å². The Labute approximate surface area is 469 Å². The summed E-state index contributed by atoms with van der Waals surface area (Å²) in [6.07, 6.45) is 11.0. The van der Waals surface area contributed by atoms with Crippen LogP contribution >= 0.6 is 23.2 Å². The zero-order chi connectivity index (χ0) is 56.6. The number of amides is 2. The van der Waals surface area contributed by atoms with E-state index in [0.717, 1.165) is 47.5 Å². The highest BCUT2D eigenvalue weighted by Gasteiger charge is 2.32. The molecule has 0 spiro atoms. The molecule has 4 aromatic heterocycles. The number of benzene rings is 3. The molecule has 20 nitrogen and oxygen atoms in total. The molecule has 418 valence electrons. The summed E-state index contributed by atoms with van der Waals surface area (Å²) in [7, 11) is 9.35. The number of likely N-dealkylation sites (N-methyl/N-ethyl adjacent to an activating group) is 2. The molecule has 0 aliphatic carbocycles. The quantitative estimate of drug-likeness (QED) is 0.0624. The third-order valence-corrected chi connectivity index (χ3v) is 12.6. The van der Waals surface area contributed by atoms with Gasteiger partial charge in [0.15, 0.2) is 22.9 Å². The number of ether oxygens (including phenoxy) is 4. The molecule has 2 amide bonds. The number of rotatable bonds is 17. The molecule has 2 aliphatic rings. The van der Waals surface area contributed by atoms with E-state index in [1.54, 1.807) is 66.9 Å². The van der Waals surface area contributed by atoms with E-state index in [1.165, 1.54) is 0 Å². The maximum absolute atomic E-state index is 12.6. The van der Waals surface area contributed by atoms with E-state index in [-0.39, 0.29) is 24.1 Å². The third kappa shape index (κ3) is 17.5. The number of methoxy groups -OCH3 is 1. The van der Waals surface area contributed by atoms with Gasteiger partial charge in [0.25, 0.3) is 0 Å². The molecule has 2 aliphatic heterocycles. The van der Waals surface area contributed by atoms with Crippen molar-refractivity contribution in [3.63, 3.8) is 0 Å². The summed E-state index contributed by atoms with van der Waals surface area (Å²) in [4.78, 5) is 51.4. The van der Waals surface area contributed by atoms with Gasteiger partial charge < -0.3 is 54.3 Å². The number of aromatic nitrogens is 6. The number of carboxylic acids is 1. The fourth-order valence-electron chi connectivity index (χ4n) is 8.31. The SMILES string of the molecule is CN(C)C/C=C/C(=O)N1CC[C@@H](Nc2n[nH]c3nccc(Oc4ccc(Cl)cc4)c23)C1.CN(C)C/C=C/C(=O)O.COc1ccc(Cn2nc(N[C@@H]3CCN(C(=O)OC(C)(C)C)C3)c3c(Oc4ccc(Cl)cc4)ccnc32)cc1. The second-order valence-electron chi connectivity index (χ2n) is 20.2. The smallest absolute Gasteiger partial charge is 0.410 e. The van der Waals surface area contributed by atoms with Crippen LogP contribution in [0.1, 0.15) is 39.2 Å². The molecular formula is C57H68Cl2N12O8. The Kier molecular flexibility index (Phi) is 20.5. The highest BCUT2D eigenvalue weighted by molar-refractivity contribution is 6.30. The van der Waals surface area contributed by atoms with Crippen LogP contribution in [0, 0.1) is 0 Å². The van der Waals surface area contributed by atoms with E-state index in [1.807, 2.05) is 129 Å². The van der Waals surface area contributed by atoms with Crippen LogP contribution in [0.15, 0.2) is 122 Å². The molecule has 6 heterocycles. The molecule has 2 fully saturated rings. The number of H-pyrrole nitrogens is 1. The first kappa shape index (κ1) is 58.8. The Balaban J connectivity index is 0.000000202. The van der Waals surface area contributed by atoms with Gasteiger partial charge >= 0.3 is 12.1 Å². The van der Waals surface area contributed by atoms with Crippen molar-refractivity contribution >= 4 is 74.9 Å². The molecule has 4 N–H and O–H groups in total. The van der Waals surface area contributed by atoms with Crippen LogP contribution in [0.4, 0.5) is 16.4 Å². The minimum Gasteiger partial charge on any atom is -0.497 e. The summed E-state index contributed by atoms with van der Waals surface area (Å²) in [5, 5.41) is 30.2. The summed E-state index contributed by atoms with van der Waals surface area (Å²) in [5.41, 5.74) is 1.82. The molecular weight excluding hydrogens is 1050 g/mol. The largest absolute Gasteiger partial charge is 0.497 e. The third-order valence-electron chi connectivity index (χ3n) is 12.1. The minimum absolute atomic E-state index is 0.00589. The number of aromatic amines is 1. The van der Waals surface area contributed by atoms with Gasteiger partial charge in [-0.1, -0.05) is 47.5 Å². The number of aliphatic carboxylic acids is 1. The van der Waals surface area contributed by atoms with Crippen LogP contribution in [0.25, 0.3) is 22.1 Å². The summed E-state index contributed by atoms with van der Waals surface area (Å²) < 4.78 is 25.0. The van der Waals surface area contributed by atoms with E-state index in [4.69, 9.17) is 52.4 Å². The normalized spacial score (nSPS) is 15.3. The minimum atomic E-state index is -0.892. The summed E-state index contributed by atoms with van der Waals surface area (Å²) in [6.45, 7) is 9.96. The van der Waals surface area contributed by atoms with Crippen molar-refractivity contribution in [2.24, 2.45) is 0 Å². The topological polar surface area (TPSA) is 218 Å². The van der Waals surface area contributed by atoms with Crippen molar-refractivity contribution in [2.45, 2.75) is 57.8 Å². The lowest BCUT2D eigenvalue weighted by atomic mass is 10.2. The van der Waals surface area contributed by atoms with Gasteiger partial charge in [0.05, 0.1) is 13.7 Å². The maximum atomic E-state index is 12.6. The zero-order valence-electron chi connectivity index (χ0n) is 45.7. The van der Waals surface area contributed by atoms with Crippen LogP contribution in [0.2, 0.25) is 10.0 Å². The number of fused-ring (bicyclic) bond motifs is 2. The molecule has 0 saturated carbocycles. The fourth-order valence-corrected chi connectivity index (χ4v) is 8.56. The highest BCUT2D eigenvalue weighted by Crippen LogP contribution is 2.37. The molecule has 2 saturated heterocycles. The van der Waals surface area contributed by atoms with Gasteiger partial charge in [-0.15, -0.1) is 0 Å². The molecule has 0 radical (unpaired) electrons. The summed E-state index contributed by atoms with van der Waals surface area (Å²) >= 11 is 12.0. The number of nitrogens with zero attached hydrogens (tertiary/aromatic N) is 9. The standard InChI is InChI=1S/C29H32ClN5O4.C22H25ClN6O2.C6H11NO2/c1-29(2,3)39-28(36)34-16-14-21(18-34)32-26-25-24(38-23-11-7-20(30)8-12-23)13-15-31-27(25)35(33-26)17-19-5-9-22(37-4)10-6-19;1-28(2)12-3-4-19(30)29-13-10-16(14-29)25-22-20-18(9-11-24-21(20)26-27-22)31-17-7-5-15(23)6-8-17;1-7(2)5-3-4-6(8)9/h5-13,15,21H,14,16-18H2,1-4H3,(H,32,33);3-9,11,16H,10,12-14H2,1-2H3,(H2,24,25,26,27);3-4H,5H2,1-2H3,(H,8,9)/b;2*4-3+/t21-;16-;/m11./s1. The van der Waals surface area contributed by atoms with Crippen molar-refractivity contribution in [2.75, 3.05) is 85.2 Å². The number of pyridine rings is 2. The highest BCUT2D eigenvalue weighted by atomic mass is 35.5. The van der Waals surface area contributed by atoms with E-state index in [2.05, 4.69) is 30.8 Å². The fraction of sp³-hybridized carbons (Fsp3) is 0.351. The van der Waals surface area contributed by atoms with Crippen LogP contribution in [-0.2, 0) is 20.9 Å². The van der Waals surface area contributed by atoms with Crippen LogP contribution < -0.4 is 24.8 Å². The van der Waals surface area contributed by atoms with Gasteiger partial charge in [0.1, 0.15) is 45.1 Å². The van der Waals surface area contributed by atoms with Crippen molar-refractivity contribution in [1.29, 1.82) is 0 Å². The molecule has 2 atom stereocenters. The number of likely N-dealkylation sites (tertiary alicyclic amines) is 2. The van der Waals surface area contributed by atoms with Crippen LogP contribution in [-0.4, -0.2) is 165 Å². The number of halogens is 2. The lowest BCUT2D eigenvalue weighted by molar-refractivity contribution is -0.131. The predicted molar refractivity (Wildman–Crippen MR) is 308 cm³/mol. The molecule has 3 aromatic carbocycles. The predicted octanol–water partition coefficient (Wildman–Crippen LogP) is 10.1. The Hall–Kier alpha value is -7.91. The molecule has 79 heavy (non-hydrogen) atoms. The number of carbonyl (C=O) groups is 3. The van der Waals surface area contributed by atoms with Crippen molar-refractivity contribution < 1.29 is 38.4 Å². The molecule has 22 heteroatoms. The van der Waals surface area contributed by atoms with Gasteiger partial charge in [0, 0.05) is 98.1 Å². The van der Waals surface area contributed by atoms with E-state index < -0.39 is 11.6 Å². The first-order valence-corrected chi connectivity index (χ1v) is 26.4. The average molecular weight is 1120 g/mol. The molecule has 9 rings (SSSR count). The monoisotopic (exact) mass is 1120 g/mol. The summed E-state index contributed by atoms with van der Waals surface area (Å²) in [6, 6.07) is 26.0. The Morgan fingerprint density at radius 1 is 0.722 bits per heavy atom. The van der Waals surface area contributed by atoms with Crippen molar-refractivity contribution in [1.82, 2.24) is 49.5 Å². The average Bonchev–Trinajstić information content (AvgIpc) is 4.42. The summed E-state index contributed by atoms with van der Waals surface area (Å²) in [5.74, 6) is 3.82. The first-order chi connectivity index (χ1) is 37.8. The number of carbonyl (C=O) groups excluding carboxylic acids is 2. The molecule has 7 aromatic rings. The van der Waals surface area contributed by atoms with Gasteiger partial charge in [-0.25, -0.2) is 24.2 Å². The zero-order valence-corrected chi connectivity index (χ0v) is 47.2. The number of hydrogen-bond acceptors (Lipinski definition) is 15. The van der Waals surface area contributed by atoms with E-state index >= 15 is 0 Å². The van der Waals surface area contributed by atoms with Gasteiger partial charge in [0.2, 0.25) is 5.91 Å². The molecule has 0 bridgehead atoms. The Morgan fingerprint density at radius 2 is 1.25 bits per heavy atom. The lowest BCUT2D eigenvalue weighted by Crippen LogP contribution is -2.36. The van der Waals surface area contributed by atoms with Crippen molar-refractivity contribution in [3.8, 4) is 28.7 Å².